The molecule has 11 heteroatoms. The minimum absolute atomic E-state index is 0.103. The number of alkyl halides is 3. The van der Waals surface area contributed by atoms with E-state index in [1.807, 2.05) is 18.5 Å². The van der Waals surface area contributed by atoms with Crippen LogP contribution in [0.1, 0.15) is 36.6 Å². The van der Waals surface area contributed by atoms with Crippen LogP contribution in [0.3, 0.4) is 0 Å². The molecule has 0 spiro atoms. The molecular formula is C23H25F4N5OS. The first-order chi connectivity index (χ1) is 16.0. The van der Waals surface area contributed by atoms with Crippen LogP contribution in [0.15, 0.2) is 34.2 Å². The number of halogens is 4. The van der Waals surface area contributed by atoms with E-state index in [9.17, 15) is 17.6 Å². The zero-order valence-electron chi connectivity index (χ0n) is 19.1. The first kappa shape index (κ1) is 23.3. The van der Waals surface area contributed by atoms with Crippen LogP contribution >= 0.6 is 11.8 Å². The minimum atomic E-state index is -4.54. The summed E-state index contributed by atoms with van der Waals surface area (Å²) in [5.41, 5.74) is -0.277. The second-order valence-electron chi connectivity index (χ2n) is 9.56. The lowest BCUT2D eigenvalue weighted by Gasteiger charge is -2.21. The molecule has 0 bridgehead atoms. The number of rotatable bonds is 7. The molecule has 2 fully saturated rings. The Kier molecular flexibility index (Phi) is 5.55. The van der Waals surface area contributed by atoms with E-state index in [0.29, 0.717) is 29.8 Å². The van der Waals surface area contributed by atoms with E-state index >= 15 is 0 Å². The molecule has 0 amide bonds. The molecule has 0 radical (unpaired) electrons. The first-order valence-electron chi connectivity index (χ1n) is 11.1. The molecule has 3 aromatic rings. The molecule has 1 aliphatic heterocycles. The van der Waals surface area contributed by atoms with Crippen molar-refractivity contribution in [2.45, 2.75) is 43.4 Å². The molecular weight excluding hydrogens is 470 g/mol. The zero-order chi connectivity index (χ0) is 24.3. The quantitative estimate of drug-likeness (QED) is 0.259. The average molecular weight is 496 g/mol. The average Bonchev–Trinajstić information content (AvgIpc) is 3.11. The SMILES string of the molecule is Cc1ncoc1-c1nnc(SCCCN2C[C@]3(C)C[C@]3(c3ccc(C(F)(F)F)cc3F)C2)n1C. The first-order valence-corrected chi connectivity index (χ1v) is 12.0. The Morgan fingerprint density at radius 3 is 2.68 bits per heavy atom. The Labute approximate surface area is 198 Å². The van der Waals surface area contributed by atoms with E-state index in [4.69, 9.17) is 4.42 Å². The number of likely N-dealkylation sites (tertiary alicyclic amines) is 1. The second-order valence-corrected chi connectivity index (χ2v) is 10.6. The van der Waals surface area contributed by atoms with Gasteiger partial charge in [-0.05, 0) is 49.4 Å². The summed E-state index contributed by atoms with van der Waals surface area (Å²) >= 11 is 1.60. The van der Waals surface area contributed by atoms with Crippen LogP contribution < -0.4 is 0 Å². The van der Waals surface area contributed by atoms with Gasteiger partial charge in [-0.25, -0.2) is 9.37 Å². The van der Waals surface area contributed by atoms with Gasteiger partial charge in [-0.2, -0.15) is 13.2 Å². The molecule has 1 saturated carbocycles. The van der Waals surface area contributed by atoms with Crippen LogP contribution in [0.2, 0.25) is 0 Å². The van der Waals surface area contributed by atoms with Gasteiger partial charge < -0.3 is 13.9 Å². The van der Waals surface area contributed by atoms with Crippen molar-refractivity contribution < 1.29 is 22.0 Å². The number of aromatic nitrogens is 4. The van der Waals surface area contributed by atoms with Gasteiger partial charge in [0, 0.05) is 31.3 Å². The van der Waals surface area contributed by atoms with Crippen LogP contribution in [-0.4, -0.2) is 50.0 Å². The van der Waals surface area contributed by atoms with E-state index in [2.05, 4.69) is 27.0 Å². The lowest BCUT2D eigenvalue weighted by molar-refractivity contribution is -0.137. The molecule has 2 aromatic heterocycles. The third kappa shape index (κ3) is 3.82. The minimum Gasteiger partial charge on any atom is -0.440 e. The highest BCUT2D eigenvalue weighted by Gasteiger charge is 2.70. The highest BCUT2D eigenvalue weighted by molar-refractivity contribution is 7.99. The molecule has 5 rings (SSSR count). The van der Waals surface area contributed by atoms with E-state index < -0.39 is 23.0 Å². The van der Waals surface area contributed by atoms with Crippen LogP contribution in [0.25, 0.3) is 11.6 Å². The normalized spacial score (nSPS) is 24.6. The maximum absolute atomic E-state index is 14.7. The molecule has 2 atom stereocenters. The second kappa shape index (κ2) is 8.08. The number of piperidine rings is 1. The smallest absolute Gasteiger partial charge is 0.416 e. The fraction of sp³-hybridized carbons (Fsp3) is 0.522. The van der Waals surface area contributed by atoms with Crippen molar-refractivity contribution in [2.75, 3.05) is 25.4 Å². The fourth-order valence-corrected chi connectivity index (χ4v) is 6.19. The fourth-order valence-electron chi connectivity index (χ4n) is 5.36. The molecule has 182 valence electrons. The molecule has 1 aromatic carbocycles. The Bertz CT molecular complexity index is 1220. The monoisotopic (exact) mass is 495 g/mol. The predicted molar refractivity (Wildman–Crippen MR) is 119 cm³/mol. The van der Waals surface area contributed by atoms with Gasteiger partial charge in [0.1, 0.15) is 5.82 Å². The Morgan fingerprint density at radius 2 is 2.00 bits per heavy atom. The van der Waals surface area contributed by atoms with Gasteiger partial charge in [0.2, 0.25) is 5.82 Å². The van der Waals surface area contributed by atoms with Crippen LogP contribution in [0.4, 0.5) is 17.6 Å². The summed E-state index contributed by atoms with van der Waals surface area (Å²) < 4.78 is 60.8. The standard InChI is InChI=1S/C23H25F4N5OS/c1-14-18(33-13-28-14)19-29-30-20(31(19)3)34-8-4-7-32-11-21(2)10-22(21,12-32)16-6-5-15(9-17(16)24)23(25,26)27/h5-6,9,13H,4,7-8,10-12H2,1-3H3/t21-,22+/m0/s1. The maximum atomic E-state index is 14.7. The van der Waals surface area contributed by atoms with Gasteiger partial charge in [0.25, 0.3) is 0 Å². The topological polar surface area (TPSA) is 60.0 Å². The van der Waals surface area contributed by atoms with Crippen molar-refractivity contribution in [2.24, 2.45) is 12.5 Å². The van der Waals surface area contributed by atoms with Gasteiger partial charge in [0.05, 0.1) is 11.3 Å². The zero-order valence-corrected chi connectivity index (χ0v) is 19.9. The van der Waals surface area contributed by atoms with Gasteiger partial charge in [-0.15, -0.1) is 10.2 Å². The maximum Gasteiger partial charge on any atom is 0.416 e. The van der Waals surface area contributed by atoms with Gasteiger partial charge >= 0.3 is 6.18 Å². The molecule has 3 heterocycles. The summed E-state index contributed by atoms with van der Waals surface area (Å²) in [6, 6.07) is 2.98. The van der Waals surface area contributed by atoms with Crippen LogP contribution in [0.5, 0.6) is 0 Å². The summed E-state index contributed by atoms with van der Waals surface area (Å²) in [4.78, 5) is 6.39. The highest BCUT2D eigenvalue weighted by Crippen LogP contribution is 2.69. The van der Waals surface area contributed by atoms with E-state index in [0.717, 1.165) is 48.6 Å². The number of oxazole rings is 1. The van der Waals surface area contributed by atoms with Crippen molar-refractivity contribution in [3.8, 4) is 11.6 Å². The number of fused-ring (bicyclic) bond motifs is 1. The number of hydrogen-bond donors (Lipinski definition) is 0. The number of nitrogens with zero attached hydrogens (tertiary/aromatic N) is 5. The number of thioether (sulfide) groups is 1. The summed E-state index contributed by atoms with van der Waals surface area (Å²) in [7, 11) is 1.89. The Balaban J connectivity index is 1.18. The number of benzene rings is 1. The summed E-state index contributed by atoms with van der Waals surface area (Å²) in [5.74, 6) is 1.31. The molecule has 1 saturated heterocycles. The van der Waals surface area contributed by atoms with Crippen LogP contribution in [0, 0.1) is 18.2 Å². The highest BCUT2D eigenvalue weighted by atomic mass is 32.2. The van der Waals surface area contributed by atoms with Crippen molar-refractivity contribution in [1.82, 2.24) is 24.6 Å². The largest absolute Gasteiger partial charge is 0.440 e. The lowest BCUT2D eigenvalue weighted by Crippen LogP contribution is -2.28. The van der Waals surface area contributed by atoms with Gasteiger partial charge in [-0.3, -0.25) is 0 Å². The molecule has 6 nitrogen and oxygen atoms in total. The van der Waals surface area contributed by atoms with E-state index in [-0.39, 0.29) is 5.41 Å². The molecule has 2 aliphatic rings. The Hall–Kier alpha value is -2.40. The molecule has 1 aliphatic carbocycles. The van der Waals surface area contributed by atoms with Gasteiger partial charge in [-0.1, -0.05) is 24.8 Å². The summed E-state index contributed by atoms with van der Waals surface area (Å²) in [6.07, 6.45) is -1.46. The van der Waals surface area contributed by atoms with Crippen molar-refractivity contribution in [3.05, 3.63) is 47.2 Å². The van der Waals surface area contributed by atoms with Crippen LogP contribution in [-0.2, 0) is 18.6 Å². The van der Waals surface area contributed by atoms with Gasteiger partial charge in [0.15, 0.2) is 17.3 Å². The summed E-state index contributed by atoms with van der Waals surface area (Å²) in [6.45, 7) is 6.26. The van der Waals surface area contributed by atoms with Crippen molar-refractivity contribution in [1.29, 1.82) is 0 Å². The molecule has 0 N–H and O–H groups in total. The van der Waals surface area contributed by atoms with E-state index in [1.165, 1.54) is 12.5 Å². The number of hydrogen-bond acceptors (Lipinski definition) is 6. The van der Waals surface area contributed by atoms with E-state index in [1.54, 1.807) is 11.8 Å². The molecule has 34 heavy (non-hydrogen) atoms. The third-order valence-electron chi connectivity index (χ3n) is 7.23. The van der Waals surface area contributed by atoms with Crippen molar-refractivity contribution in [3.63, 3.8) is 0 Å². The number of aryl methyl sites for hydroxylation is 1. The third-order valence-corrected chi connectivity index (χ3v) is 8.34. The van der Waals surface area contributed by atoms with Crippen molar-refractivity contribution >= 4 is 11.8 Å². The summed E-state index contributed by atoms with van der Waals surface area (Å²) in [5, 5.41) is 9.25. The lowest BCUT2D eigenvalue weighted by atomic mass is 9.88. The Morgan fingerprint density at radius 1 is 1.21 bits per heavy atom. The molecule has 0 unspecified atom stereocenters. The predicted octanol–water partition coefficient (Wildman–Crippen LogP) is 5.08.